The number of hydrogen-bond acceptors (Lipinski definition) is 5. The number of carbonyl (C=O) groups excluding carboxylic acids is 1. The summed E-state index contributed by atoms with van der Waals surface area (Å²) >= 11 is 0. The molecule has 5 heteroatoms. The van der Waals surface area contributed by atoms with Crippen LogP contribution in [-0.2, 0) is 16.0 Å². The van der Waals surface area contributed by atoms with Gasteiger partial charge in [-0.25, -0.2) is 0 Å². The Labute approximate surface area is 149 Å². The van der Waals surface area contributed by atoms with Crippen molar-refractivity contribution < 1.29 is 24.1 Å². The first-order valence-corrected chi connectivity index (χ1v) is 8.16. The molecule has 0 amide bonds. The van der Waals surface area contributed by atoms with Crippen LogP contribution in [0.3, 0.4) is 0 Å². The van der Waals surface area contributed by atoms with Crippen LogP contribution in [0.2, 0.25) is 0 Å². The summed E-state index contributed by atoms with van der Waals surface area (Å²) < 4.78 is 15.4. The standard InChI is InChI=1S/C18H20O5.C2H6/c1-21-15-8-12(9-16(11-15)22-2)10-17(18(20)23-3)13-4-6-14(19)7-5-13;1-2/h4-9,11,17,19H,10H2,1-3H3;1-2H3. The van der Waals surface area contributed by atoms with Gasteiger partial charge in [-0.15, -0.1) is 0 Å². The van der Waals surface area contributed by atoms with Gasteiger partial charge in [-0.1, -0.05) is 26.0 Å². The second-order valence-electron chi connectivity index (χ2n) is 5.09. The van der Waals surface area contributed by atoms with Gasteiger partial charge in [0, 0.05) is 6.07 Å². The number of phenols is 1. The third-order valence-electron chi connectivity index (χ3n) is 3.63. The maximum absolute atomic E-state index is 12.2. The summed E-state index contributed by atoms with van der Waals surface area (Å²) in [7, 11) is 4.52. The Balaban J connectivity index is 0.00000151. The van der Waals surface area contributed by atoms with Crippen molar-refractivity contribution in [2.75, 3.05) is 21.3 Å². The highest BCUT2D eigenvalue weighted by Crippen LogP contribution is 2.29. The van der Waals surface area contributed by atoms with E-state index in [2.05, 4.69) is 0 Å². The predicted octanol–water partition coefficient (Wildman–Crippen LogP) is 3.93. The number of benzene rings is 2. The van der Waals surface area contributed by atoms with Gasteiger partial charge in [0.1, 0.15) is 17.2 Å². The van der Waals surface area contributed by atoms with E-state index in [1.807, 2.05) is 26.0 Å². The Morgan fingerprint density at radius 2 is 1.48 bits per heavy atom. The third kappa shape index (κ3) is 5.71. The topological polar surface area (TPSA) is 65.0 Å². The molecular formula is C20H26O5. The van der Waals surface area contributed by atoms with Crippen molar-refractivity contribution in [2.24, 2.45) is 0 Å². The number of ether oxygens (including phenoxy) is 3. The second-order valence-corrected chi connectivity index (χ2v) is 5.09. The molecular weight excluding hydrogens is 320 g/mol. The van der Waals surface area contributed by atoms with Crippen LogP contribution in [0, 0.1) is 0 Å². The van der Waals surface area contributed by atoms with E-state index in [0.717, 1.165) is 11.1 Å². The Morgan fingerprint density at radius 3 is 1.92 bits per heavy atom. The zero-order valence-corrected chi connectivity index (χ0v) is 15.4. The first-order chi connectivity index (χ1) is 12.1. The van der Waals surface area contributed by atoms with Gasteiger partial charge in [0.05, 0.1) is 27.2 Å². The molecule has 2 aromatic carbocycles. The van der Waals surface area contributed by atoms with Crippen LogP contribution in [0.5, 0.6) is 17.2 Å². The van der Waals surface area contributed by atoms with Gasteiger partial charge in [0.2, 0.25) is 0 Å². The molecule has 2 rings (SSSR count). The van der Waals surface area contributed by atoms with Crippen molar-refractivity contribution >= 4 is 5.97 Å². The molecule has 2 aromatic rings. The van der Waals surface area contributed by atoms with Gasteiger partial charge in [0.25, 0.3) is 0 Å². The summed E-state index contributed by atoms with van der Waals surface area (Å²) in [5.74, 6) is 0.664. The fourth-order valence-corrected chi connectivity index (χ4v) is 2.41. The smallest absolute Gasteiger partial charge is 0.313 e. The van der Waals surface area contributed by atoms with Crippen molar-refractivity contribution in [1.29, 1.82) is 0 Å². The molecule has 0 saturated carbocycles. The molecule has 1 unspecified atom stereocenters. The lowest BCUT2D eigenvalue weighted by molar-refractivity contribution is -0.142. The fourth-order valence-electron chi connectivity index (χ4n) is 2.41. The van der Waals surface area contributed by atoms with E-state index < -0.39 is 5.92 Å². The lowest BCUT2D eigenvalue weighted by Crippen LogP contribution is -2.17. The zero-order chi connectivity index (χ0) is 18.8. The van der Waals surface area contributed by atoms with Gasteiger partial charge in [-0.2, -0.15) is 0 Å². The molecule has 25 heavy (non-hydrogen) atoms. The van der Waals surface area contributed by atoms with Crippen LogP contribution in [0.25, 0.3) is 0 Å². The maximum atomic E-state index is 12.2. The molecule has 5 nitrogen and oxygen atoms in total. The number of carbonyl (C=O) groups is 1. The highest BCUT2D eigenvalue weighted by Gasteiger charge is 2.22. The van der Waals surface area contributed by atoms with Crippen molar-refractivity contribution in [3.63, 3.8) is 0 Å². The normalized spacial score (nSPS) is 10.9. The number of phenolic OH excluding ortho intramolecular Hbond substituents is 1. The first kappa shape index (κ1) is 20.4. The molecule has 0 heterocycles. The molecule has 0 aliphatic heterocycles. The van der Waals surface area contributed by atoms with Gasteiger partial charge >= 0.3 is 5.97 Å². The van der Waals surface area contributed by atoms with E-state index in [4.69, 9.17) is 14.2 Å². The zero-order valence-electron chi connectivity index (χ0n) is 15.4. The first-order valence-electron chi connectivity index (χ1n) is 8.16. The van der Waals surface area contributed by atoms with Crippen molar-refractivity contribution in [2.45, 2.75) is 26.2 Å². The molecule has 0 aliphatic rings. The molecule has 0 bridgehead atoms. The molecule has 0 fully saturated rings. The summed E-state index contributed by atoms with van der Waals surface area (Å²) in [6, 6.07) is 12.0. The average molecular weight is 346 g/mol. The quantitative estimate of drug-likeness (QED) is 0.803. The summed E-state index contributed by atoms with van der Waals surface area (Å²) in [4.78, 5) is 12.2. The van der Waals surface area contributed by atoms with Crippen molar-refractivity contribution in [1.82, 2.24) is 0 Å². The average Bonchev–Trinajstić information content (AvgIpc) is 2.67. The molecule has 1 N–H and O–H groups in total. The van der Waals surface area contributed by atoms with Gasteiger partial charge < -0.3 is 19.3 Å². The largest absolute Gasteiger partial charge is 0.508 e. The minimum atomic E-state index is -0.475. The number of aromatic hydroxyl groups is 1. The van der Waals surface area contributed by atoms with Crippen LogP contribution in [0.4, 0.5) is 0 Å². The molecule has 0 spiro atoms. The summed E-state index contributed by atoms with van der Waals surface area (Å²) in [6.07, 6.45) is 0.436. The maximum Gasteiger partial charge on any atom is 0.313 e. The lowest BCUT2D eigenvalue weighted by Gasteiger charge is -2.16. The molecule has 0 saturated heterocycles. The fraction of sp³-hybridized carbons (Fsp3) is 0.350. The van der Waals surface area contributed by atoms with E-state index in [0.29, 0.717) is 17.9 Å². The number of rotatable bonds is 6. The van der Waals surface area contributed by atoms with Crippen LogP contribution in [0.15, 0.2) is 42.5 Å². The molecule has 0 aliphatic carbocycles. The molecule has 136 valence electrons. The van der Waals surface area contributed by atoms with Gasteiger partial charge in [-0.05, 0) is 41.8 Å². The van der Waals surface area contributed by atoms with E-state index >= 15 is 0 Å². The Bertz CT molecular complexity index is 642. The Morgan fingerprint density at radius 1 is 0.960 bits per heavy atom. The van der Waals surface area contributed by atoms with E-state index in [1.165, 1.54) is 7.11 Å². The van der Waals surface area contributed by atoms with Crippen LogP contribution >= 0.6 is 0 Å². The van der Waals surface area contributed by atoms with Crippen molar-refractivity contribution in [3.05, 3.63) is 53.6 Å². The van der Waals surface area contributed by atoms with Gasteiger partial charge in [-0.3, -0.25) is 4.79 Å². The van der Waals surface area contributed by atoms with Crippen molar-refractivity contribution in [3.8, 4) is 17.2 Å². The summed E-state index contributed by atoms with van der Waals surface area (Å²) in [5, 5.41) is 9.41. The Hall–Kier alpha value is -2.69. The number of hydrogen-bond donors (Lipinski definition) is 1. The highest BCUT2D eigenvalue weighted by molar-refractivity contribution is 5.78. The summed E-state index contributed by atoms with van der Waals surface area (Å²) in [6.45, 7) is 4.00. The monoisotopic (exact) mass is 346 g/mol. The van der Waals surface area contributed by atoms with Crippen LogP contribution in [0.1, 0.15) is 30.9 Å². The minimum absolute atomic E-state index is 0.153. The predicted molar refractivity (Wildman–Crippen MR) is 97.5 cm³/mol. The minimum Gasteiger partial charge on any atom is -0.508 e. The van der Waals surface area contributed by atoms with Crippen LogP contribution < -0.4 is 9.47 Å². The van der Waals surface area contributed by atoms with E-state index in [1.54, 1.807) is 44.6 Å². The summed E-state index contributed by atoms with van der Waals surface area (Å²) in [5.41, 5.74) is 1.67. The van der Waals surface area contributed by atoms with Crippen LogP contribution in [-0.4, -0.2) is 32.4 Å². The Kier molecular flexibility index (Phi) is 8.33. The lowest BCUT2D eigenvalue weighted by atomic mass is 9.91. The highest BCUT2D eigenvalue weighted by atomic mass is 16.5. The number of methoxy groups -OCH3 is 3. The molecule has 0 aromatic heterocycles. The SMILES string of the molecule is CC.COC(=O)C(Cc1cc(OC)cc(OC)c1)c1ccc(O)cc1. The number of esters is 1. The van der Waals surface area contributed by atoms with E-state index in [9.17, 15) is 9.90 Å². The van der Waals surface area contributed by atoms with E-state index in [-0.39, 0.29) is 11.7 Å². The molecule has 1 atom stereocenters. The molecule has 0 radical (unpaired) electrons. The second kappa shape index (κ2) is 10.2. The third-order valence-corrected chi connectivity index (χ3v) is 3.63. The van der Waals surface area contributed by atoms with Gasteiger partial charge in [0.15, 0.2) is 0 Å².